The molecule has 0 amide bonds. The van der Waals surface area contributed by atoms with E-state index in [1.54, 1.807) is 56.7 Å². The zero-order chi connectivity index (χ0) is 36.3. The third-order valence-electron chi connectivity index (χ3n) is 8.58. The van der Waals surface area contributed by atoms with E-state index in [1.165, 1.54) is 0 Å². The lowest BCUT2D eigenvalue weighted by molar-refractivity contribution is -0.183. The van der Waals surface area contributed by atoms with Gasteiger partial charge in [0.2, 0.25) is 0 Å². The molecule has 268 valence electrons. The minimum Gasteiger partial charge on any atom is -0.496 e. The zero-order valence-corrected chi connectivity index (χ0v) is 31.1. The van der Waals surface area contributed by atoms with Gasteiger partial charge in [0.15, 0.2) is 17.6 Å². The fourth-order valence-corrected chi connectivity index (χ4v) is 6.86. The van der Waals surface area contributed by atoms with Crippen molar-refractivity contribution in [2.24, 2.45) is 0 Å². The summed E-state index contributed by atoms with van der Waals surface area (Å²) in [4.78, 5) is 27.0. The van der Waals surface area contributed by atoms with Crippen LogP contribution in [0.3, 0.4) is 0 Å². The number of carbonyl (C=O) groups is 2. The van der Waals surface area contributed by atoms with Gasteiger partial charge < -0.3 is 33.2 Å². The SMILES string of the molecule is COc1ccccc1C(OCCCOC(=O)c1cc(I)cc(C2OCCCO2)c1OC(=O)c1ccccc1)(c1ccccc1)c1ccccc1OC. The van der Waals surface area contributed by atoms with E-state index in [0.29, 0.717) is 42.3 Å². The van der Waals surface area contributed by atoms with Crippen molar-refractivity contribution >= 4 is 34.5 Å². The maximum absolute atomic E-state index is 13.8. The topological polar surface area (TPSA) is 98.8 Å². The van der Waals surface area contributed by atoms with Gasteiger partial charge in [-0.2, -0.15) is 0 Å². The number of benzene rings is 5. The molecule has 0 saturated carbocycles. The molecule has 6 rings (SSSR count). The molecule has 5 aromatic carbocycles. The number of carbonyl (C=O) groups excluding carboxylic acids is 2. The van der Waals surface area contributed by atoms with E-state index in [2.05, 4.69) is 22.6 Å². The maximum Gasteiger partial charge on any atom is 0.343 e. The van der Waals surface area contributed by atoms with Gasteiger partial charge in [-0.05, 0) is 71.0 Å². The summed E-state index contributed by atoms with van der Waals surface area (Å²) in [6.07, 6.45) is 0.268. The lowest BCUT2D eigenvalue weighted by Gasteiger charge is -2.37. The van der Waals surface area contributed by atoms with Crippen LogP contribution in [0.2, 0.25) is 0 Å². The van der Waals surface area contributed by atoms with Crippen molar-refractivity contribution in [1.82, 2.24) is 0 Å². The predicted molar refractivity (Wildman–Crippen MR) is 203 cm³/mol. The molecule has 9 nitrogen and oxygen atoms in total. The van der Waals surface area contributed by atoms with Crippen LogP contribution in [0.25, 0.3) is 0 Å². The molecule has 0 N–H and O–H groups in total. The molecule has 0 spiro atoms. The summed E-state index contributed by atoms with van der Waals surface area (Å²) in [7, 11) is 3.26. The molecule has 0 bridgehead atoms. The zero-order valence-electron chi connectivity index (χ0n) is 28.9. The largest absolute Gasteiger partial charge is 0.496 e. The first-order valence-electron chi connectivity index (χ1n) is 16.9. The number of esters is 2. The van der Waals surface area contributed by atoms with Gasteiger partial charge in [-0.3, -0.25) is 0 Å². The standard InChI is InChI=1S/C42H39IO9/c1-46-36-21-11-9-19-34(36)42(30-17-7-4-8-18-30,35-20-10-12-22-37(35)47-2)51-26-14-23-48-40(45)32-27-31(43)28-33(41-49-24-13-25-50-41)38(32)52-39(44)29-15-5-3-6-16-29/h3-12,15-22,27-28,41H,13-14,23-26H2,1-2H3. The highest BCUT2D eigenvalue weighted by atomic mass is 127. The Kier molecular flexibility index (Phi) is 12.6. The summed E-state index contributed by atoms with van der Waals surface area (Å²) in [6, 6.07) is 37.3. The number of ether oxygens (including phenoxy) is 7. The number of para-hydroxylation sites is 2. The van der Waals surface area contributed by atoms with Crippen molar-refractivity contribution in [3.63, 3.8) is 0 Å². The van der Waals surface area contributed by atoms with E-state index in [-0.39, 0.29) is 24.5 Å². The van der Waals surface area contributed by atoms with Crippen molar-refractivity contribution in [2.75, 3.05) is 40.6 Å². The molecule has 1 saturated heterocycles. The van der Waals surface area contributed by atoms with Crippen molar-refractivity contribution in [1.29, 1.82) is 0 Å². The van der Waals surface area contributed by atoms with Crippen molar-refractivity contribution < 1.29 is 42.7 Å². The number of methoxy groups -OCH3 is 2. The fraction of sp³-hybridized carbons (Fsp3) is 0.238. The lowest BCUT2D eigenvalue weighted by atomic mass is 9.79. The fourth-order valence-electron chi connectivity index (χ4n) is 6.21. The molecule has 0 aromatic heterocycles. The van der Waals surface area contributed by atoms with Crippen LogP contribution in [0, 0.1) is 3.57 Å². The molecule has 0 unspecified atom stereocenters. The summed E-state index contributed by atoms with van der Waals surface area (Å²) in [6.45, 7) is 1.15. The van der Waals surface area contributed by atoms with Crippen molar-refractivity contribution in [2.45, 2.75) is 24.7 Å². The first-order valence-corrected chi connectivity index (χ1v) is 18.0. The Balaban J connectivity index is 1.27. The molecule has 5 aromatic rings. The molecule has 1 fully saturated rings. The second-order valence-electron chi connectivity index (χ2n) is 11.8. The summed E-state index contributed by atoms with van der Waals surface area (Å²) in [5, 5.41) is 0. The average Bonchev–Trinajstić information content (AvgIpc) is 3.20. The minimum atomic E-state index is -1.15. The lowest BCUT2D eigenvalue weighted by Crippen LogP contribution is -2.34. The minimum absolute atomic E-state index is 0.0187. The number of rotatable bonds is 14. The van der Waals surface area contributed by atoms with Gasteiger partial charge in [-0.25, -0.2) is 9.59 Å². The van der Waals surface area contributed by atoms with Crippen LogP contribution in [-0.2, 0) is 24.5 Å². The van der Waals surface area contributed by atoms with E-state index in [9.17, 15) is 9.59 Å². The molecule has 10 heteroatoms. The second-order valence-corrected chi connectivity index (χ2v) is 13.1. The molecule has 1 aliphatic rings. The molecular formula is C42H39IO9. The first kappa shape index (κ1) is 37.0. The van der Waals surface area contributed by atoms with Crippen LogP contribution in [-0.4, -0.2) is 52.6 Å². The van der Waals surface area contributed by atoms with Crippen LogP contribution >= 0.6 is 22.6 Å². The third kappa shape index (κ3) is 8.15. The Morgan fingerprint density at radius 3 is 1.92 bits per heavy atom. The Labute approximate surface area is 316 Å². The van der Waals surface area contributed by atoms with Gasteiger partial charge in [0, 0.05) is 21.1 Å². The first-order chi connectivity index (χ1) is 25.5. The van der Waals surface area contributed by atoms with Crippen molar-refractivity contribution in [3.05, 3.63) is 158 Å². The Morgan fingerprint density at radius 2 is 1.31 bits per heavy atom. The number of halogens is 1. The van der Waals surface area contributed by atoms with Gasteiger partial charge in [0.25, 0.3) is 0 Å². The summed E-state index contributed by atoms with van der Waals surface area (Å²) >= 11 is 2.11. The van der Waals surface area contributed by atoms with Gasteiger partial charge in [0.05, 0.1) is 51.8 Å². The Hall–Kier alpha value is -4.75. The Bertz CT molecular complexity index is 1910. The highest BCUT2D eigenvalue weighted by Gasteiger charge is 2.42. The summed E-state index contributed by atoms with van der Waals surface area (Å²) < 4.78 is 42.9. The molecule has 0 aliphatic carbocycles. The van der Waals surface area contributed by atoms with Gasteiger partial charge in [0.1, 0.15) is 17.1 Å². The van der Waals surface area contributed by atoms with E-state index >= 15 is 0 Å². The van der Waals surface area contributed by atoms with Gasteiger partial charge in [-0.15, -0.1) is 0 Å². The molecule has 52 heavy (non-hydrogen) atoms. The summed E-state index contributed by atoms with van der Waals surface area (Å²) in [5.41, 5.74) is 2.15. The smallest absolute Gasteiger partial charge is 0.343 e. The third-order valence-corrected chi connectivity index (χ3v) is 9.20. The van der Waals surface area contributed by atoms with Crippen LogP contribution in [0.1, 0.15) is 62.1 Å². The average molecular weight is 815 g/mol. The quantitative estimate of drug-likeness (QED) is 0.0359. The molecule has 0 radical (unpaired) electrons. The highest BCUT2D eigenvalue weighted by Crippen LogP contribution is 2.47. The van der Waals surface area contributed by atoms with Gasteiger partial charge in [-0.1, -0.05) is 84.9 Å². The van der Waals surface area contributed by atoms with E-state index in [4.69, 9.17) is 33.2 Å². The Morgan fingerprint density at radius 1 is 0.731 bits per heavy atom. The van der Waals surface area contributed by atoms with Crippen LogP contribution in [0.15, 0.2) is 121 Å². The van der Waals surface area contributed by atoms with Crippen LogP contribution in [0.4, 0.5) is 0 Å². The second kappa shape index (κ2) is 17.6. The van der Waals surface area contributed by atoms with E-state index < -0.39 is 23.8 Å². The van der Waals surface area contributed by atoms with Crippen LogP contribution in [0.5, 0.6) is 17.2 Å². The van der Waals surface area contributed by atoms with E-state index in [0.717, 1.165) is 26.7 Å². The van der Waals surface area contributed by atoms with Gasteiger partial charge >= 0.3 is 11.9 Å². The van der Waals surface area contributed by atoms with Crippen LogP contribution < -0.4 is 14.2 Å². The summed E-state index contributed by atoms with van der Waals surface area (Å²) in [5.74, 6) is 0.0441. The van der Waals surface area contributed by atoms with Crippen molar-refractivity contribution in [3.8, 4) is 17.2 Å². The number of hydrogen-bond donors (Lipinski definition) is 0. The highest BCUT2D eigenvalue weighted by molar-refractivity contribution is 14.1. The van der Waals surface area contributed by atoms with E-state index in [1.807, 2.05) is 78.9 Å². The molecule has 1 heterocycles. The molecule has 1 aliphatic heterocycles. The normalized spacial score (nSPS) is 13.3. The molecule has 0 atom stereocenters. The maximum atomic E-state index is 13.8. The number of hydrogen-bond acceptors (Lipinski definition) is 9. The monoisotopic (exact) mass is 814 g/mol. The predicted octanol–water partition coefficient (Wildman–Crippen LogP) is 8.52. The molecular weight excluding hydrogens is 775 g/mol.